The standard InChI is InChI=1S/C20H21FN4O2/c1-12-13(2)24-27-19(12)16-11-22-23-18(16)17-8-3-4-9-25(17)20(26)14-6-5-7-15(21)10-14/h5-7,10-11,17H,3-4,8-9H2,1-2H3,(H,22,23)/t17-/m0/s1. The lowest BCUT2D eigenvalue weighted by atomic mass is 9.94. The van der Waals surface area contributed by atoms with E-state index in [1.165, 1.54) is 12.1 Å². The number of aromatic nitrogens is 3. The molecular formula is C20H21FN4O2. The Bertz CT molecular complexity index is 978. The normalized spacial score (nSPS) is 17.3. The summed E-state index contributed by atoms with van der Waals surface area (Å²) in [6.45, 7) is 4.46. The van der Waals surface area contributed by atoms with Gasteiger partial charge in [-0.25, -0.2) is 4.39 Å². The largest absolute Gasteiger partial charge is 0.356 e. The third-order valence-electron chi connectivity index (χ3n) is 5.24. The summed E-state index contributed by atoms with van der Waals surface area (Å²) in [4.78, 5) is 14.9. The molecule has 0 aliphatic carbocycles. The van der Waals surface area contributed by atoms with E-state index < -0.39 is 5.82 Å². The number of carbonyl (C=O) groups is 1. The Morgan fingerprint density at radius 1 is 1.33 bits per heavy atom. The molecule has 1 aliphatic rings. The van der Waals surface area contributed by atoms with Gasteiger partial charge in [0.1, 0.15) is 5.82 Å². The van der Waals surface area contributed by atoms with Gasteiger partial charge in [0.15, 0.2) is 5.76 Å². The minimum Gasteiger partial charge on any atom is -0.356 e. The molecule has 4 rings (SSSR count). The molecule has 27 heavy (non-hydrogen) atoms. The zero-order chi connectivity index (χ0) is 19.0. The average molecular weight is 368 g/mol. The van der Waals surface area contributed by atoms with Crippen molar-refractivity contribution in [2.45, 2.75) is 39.2 Å². The van der Waals surface area contributed by atoms with Crippen LogP contribution in [-0.4, -0.2) is 32.7 Å². The molecule has 0 bridgehead atoms. The highest BCUT2D eigenvalue weighted by atomic mass is 19.1. The summed E-state index contributed by atoms with van der Waals surface area (Å²) in [5, 5.41) is 11.3. The Morgan fingerprint density at radius 3 is 2.93 bits per heavy atom. The Kier molecular flexibility index (Phi) is 4.51. The molecule has 1 aromatic carbocycles. The molecule has 7 heteroatoms. The van der Waals surface area contributed by atoms with Gasteiger partial charge in [0.05, 0.1) is 29.2 Å². The van der Waals surface area contributed by atoms with Gasteiger partial charge >= 0.3 is 0 Å². The van der Waals surface area contributed by atoms with Crippen LogP contribution in [0.1, 0.15) is 52.6 Å². The van der Waals surface area contributed by atoms with Gasteiger partial charge in [-0.05, 0) is 51.3 Å². The van der Waals surface area contributed by atoms with Crippen molar-refractivity contribution >= 4 is 5.91 Å². The van der Waals surface area contributed by atoms with Crippen molar-refractivity contribution in [3.63, 3.8) is 0 Å². The Balaban J connectivity index is 1.71. The number of H-pyrrole nitrogens is 1. The van der Waals surface area contributed by atoms with E-state index in [1.807, 2.05) is 13.8 Å². The van der Waals surface area contributed by atoms with Crippen LogP contribution in [0.4, 0.5) is 4.39 Å². The summed E-state index contributed by atoms with van der Waals surface area (Å²) in [7, 11) is 0. The molecule has 1 amide bonds. The van der Waals surface area contributed by atoms with Crippen molar-refractivity contribution in [1.29, 1.82) is 0 Å². The molecule has 0 unspecified atom stereocenters. The van der Waals surface area contributed by atoms with Crippen molar-refractivity contribution in [1.82, 2.24) is 20.3 Å². The Hall–Kier alpha value is -2.96. The minimum atomic E-state index is -0.413. The van der Waals surface area contributed by atoms with Crippen LogP contribution >= 0.6 is 0 Å². The summed E-state index contributed by atoms with van der Waals surface area (Å²) in [6, 6.07) is 5.66. The van der Waals surface area contributed by atoms with Gasteiger partial charge in [0.2, 0.25) is 0 Å². The number of hydrogen-bond donors (Lipinski definition) is 1. The number of amides is 1. The summed E-state index contributed by atoms with van der Waals surface area (Å²) >= 11 is 0. The molecule has 140 valence electrons. The fraction of sp³-hybridized carbons (Fsp3) is 0.350. The third kappa shape index (κ3) is 3.13. The number of carbonyl (C=O) groups excluding carboxylic acids is 1. The molecule has 1 aliphatic heterocycles. The average Bonchev–Trinajstić information content (AvgIpc) is 3.28. The van der Waals surface area contributed by atoms with Crippen molar-refractivity contribution in [2.24, 2.45) is 0 Å². The molecular weight excluding hydrogens is 347 g/mol. The first kappa shape index (κ1) is 17.5. The SMILES string of the molecule is Cc1noc(-c2cn[nH]c2[C@@H]2CCCCN2C(=O)c2cccc(F)c2)c1C. The third-order valence-corrected chi connectivity index (χ3v) is 5.24. The molecule has 3 heterocycles. The number of nitrogens with zero attached hydrogens (tertiary/aromatic N) is 3. The van der Waals surface area contributed by atoms with E-state index in [2.05, 4.69) is 15.4 Å². The van der Waals surface area contributed by atoms with Gasteiger partial charge < -0.3 is 9.42 Å². The molecule has 6 nitrogen and oxygen atoms in total. The fourth-order valence-electron chi connectivity index (χ4n) is 3.66. The van der Waals surface area contributed by atoms with Crippen LogP contribution in [0.25, 0.3) is 11.3 Å². The number of likely N-dealkylation sites (tertiary alicyclic amines) is 1. The molecule has 1 saturated heterocycles. The lowest BCUT2D eigenvalue weighted by Crippen LogP contribution is -2.39. The second-order valence-corrected chi connectivity index (χ2v) is 6.94. The molecule has 0 radical (unpaired) electrons. The predicted octanol–water partition coefficient (Wildman–Crippen LogP) is 4.19. The van der Waals surface area contributed by atoms with Gasteiger partial charge in [-0.1, -0.05) is 11.2 Å². The number of hydrogen-bond acceptors (Lipinski definition) is 4. The molecule has 1 fully saturated rings. The van der Waals surface area contributed by atoms with E-state index in [1.54, 1.807) is 23.2 Å². The lowest BCUT2D eigenvalue weighted by molar-refractivity contribution is 0.0606. The summed E-state index contributed by atoms with van der Waals surface area (Å²) in [5.74, 6) is 0.0783. The van der Waals surface area contributed by atoms with Crippen LogP contribution in [0.5, 0.6) is 0 Å². The van der Waals surface area contributed by atoms with E-state index in [9.17, 15) is 9.18 Å². The number of nitrogens with one attached hydrogen (secondary N) is 1. The maximum absolute atomic E-state index is 13.6. The zero-order valence-electron chi connectivity index (χ0n) is 15.3. The molecule has 0 saturated carbocycles. The van der Waals surface area contributed by atoms with Crippen molar-refractivity contribution in [3.05, 3.63) is 58.8 Å². The number of rotatable bonds is 3. The maximum atomic E-state index is 13.6. The number of benzene rings is 1. The van der Waals surface area contributed by atoms with E-state index in [-0.39, 0.29) is 11.9 Å². The topological polar surface area (TPSA) is 75.0 Å². The second-order valence-electron chi connectivity index (χ2n) is 6.94. The van der Waals surface area contributed by atoms with Crippen LogP contribution in [0, 0.1) is 19.7 Å². The molecule has 1 N–H and O–H groups in total. The van der Waals surface area contributed by atoms with Crippen LogP contribution < -0.4 is 0 Å². The maximum Gasteiger partial charge on any atom is 0.254 e. The summed E-state index contributed by atoms with van der Waals surface area (Å²) < 4.78 is 19.1. The number of halogens is 1. The first-order chi connectivity index (χ1) is 13.1. The summed E-state index contributed by atoms with van der Waals surface area (Å²) in [5.41, 5.74) is 3.79. The minimum absolute atomic E-state index is 0.170. The van der Waals surface area contributed by atoms with E-state index in [0.717, 1.165) is 41.8 Å². The highest BCUT2D eigenvalue weighted by molar-refractivity contribution is 5.94. The van der Waals surface area contributed by atoms with Crippen molar-refractivity contribution < 1.29 is 13.7 Å². The second kappa shape index (κ2) is 6.98. The molecule has 0 spiro atoms. The molecule has 2 aromatic heterocycles. The Morgan fingerprint density at radius 2 is 2.19 bits per heavy atom. The highest BCUT2D eigenvalue weighted by Crippen LogP contribution is 2.37. The van der Waals surface area contributed by atoms with Crippen LogP contribution in [0.15, 0.2) is 35.0 Å². The first-order valence-electron chi connectivity index (χ1n) is 9.09. The van der Waals surface area contributed by atoms with Crippen LogP contribution in [-0.2, 0) is 0 Å². The van der Waals surface area contributed by atoms with Gasteiger partial charge in [-0.15, -0.1) is 0 Å². The molecule has 3 aromatic rings. The van der Waals surface area contributed by atoms with Gasteiger partial charge in [0.25, 0.3) is 5.91 Å². The van der Waals surface area contributed by atoms with E-state index >= 15 is 0 Å². The Labute approximate surface area is 156 Å². The number of piperidine rings is 1. The first-order valence-corrected chi connectivity index (χ1v) is 9.09. The van der Waals surface area contributed by atoms with Crippen LogP contribution in [0.3, 0.4) is 0 Å². The van der Waals surface area contributed by atoms with Crippen molar-refractivity contribution in [2.75, 3.05) is 6.54 Å². The van der Waals surface area contributed by atoms with Gasteiger partial charge in [-0.2, -0.15) is 5.10 Å². The monoisotopic (exact) mass is 368 g/mol. The quantitative estimate of drug-likeness (QED) is 0.752. The van der Waals surface area contributed by atoms with E-state index in [4.69, 9.17) is 4.52 Å². The fourth-order valence-corrected chi connectivity index (χ4v) is 3.66. The van der Waals surface area contributed by atoms with Crippen molar-refractivity contribution in [3.8, 4) is 11.3 Å². The summed E-state index contributed by atoms with van der Waals surface area (Å²) in [6.07, 6.45) is 4.44. The highest BCUT2D eigenvalue weighted by Gasteiger charge is 2.32. The lowest BCUT2D eigenvalue weighted by Gasteiger charge is -2.35. The predicted molar refractivity (Wildman–Crippen MR) is 97.6 cm³/mol. The smallest absolute Gasteiger partial charge is 0.254 e. The van der Waals surface area contributed by atoms with Crippen LogP contribution in [0.2, 0.25) is 0 Å². The zero-order valence-corrected chi connectivity index (χ0v) is 15.3. The number of aromatic amines is 1. The van der Waals surface area contributed by atoms with E-state index in [0.29, 0.717) is 17.9 Å². The number of aryl methyl sites for hydroxylation is 1. The van der Waals surface area contributed by atoms with Gasteiger partial charge in [-0.3, -0.25) is 9.89 Å². The molecule has 1 atom stereocenters. The van der Waals surface area contributed by atoms with Gasteiger partial charge in [0, 0.05) is 17.7 Å².